The van der Waals surface area contributed by atoms with E-state index in [0.717, 1.165) is 12.2 Å². The Labute approximate surface area is 92.6 Å². The Hall–Kier alpha value is -1.24. The normalized spacial score (nSPS) is 10.3. The minimum absolute atomic E-state index is 0.144. The van der Waals surface area contributed by atoms with Crippen LogP contribution in [-0.2, 0) is 4.79 Å². The Balaban J connectivity index is 2.15. The first-order valence-corrected chi connectivity index (χ1v) is 5.59. The molecule has 15 heavy (non-hydrogen) atoms. The molecule has 6 nitrogen and oxygen atoms in total. The molecule has 0 aliphatic carbocycles. The van der Waals surface area contributed by atoms with E-state index in [1.807, 2.05) is 0 Å². The van der Waals surface area contributed by atoms with Crippen molar-refractivity contribution in [2.75, 3.05) is 25.6 Å². The lowest BCUT2D eigenvalue weighted by molar-refractivity contribution is -0.128. The molecule has 0 aliphatic heterocycles. The van der Waals surface area contributed by atoms with E-state index in [1.54, 1.807) is 19.0 Å². The van der Waals surface area contributed by atoms with Gasteiger partial charge in [0.15, 0.2) is 0 Å². The molecule has 3 N–H and O–H groups in total. The number of carbonyl (C=O) groups excluding carboxylic acids is 1. The molecule has 7 heteroatoms. The van der Waals surface area contributed by atoms with Gasteiger partial charge in [0.2, 0.25) is 17.0 Å². The average molecular weight is 229 g/mol. The molecular weight excluding hydrogens is 214 g/mol. The SMILES string of the molecule is CN(C)C(=O)CCCSc1n[nH]c(N)n1. The number of aromatic nitrogens is 3. The van der Waals surface area contributed by atoms with Gasteiger partial charge in [0.05, 0.1) is 0 Å². The summed E-state index contributed by atoms with van der Waals surface area (Å²) in [5.74, 6) is 1.28. The number of nitrogen functional groups attached to an aromatic ring is 1. The first-order chi connectivity index (χ1) is 7.09. The number of rotatable bonds is 5. The van der Waals surface area contributed by atoms with Gasteiger partial charge in [0, 0.05) is 26.3 Å². The van der Waals surface area contributed by atoms with Crippen molar-refractivity contribution in [3.63, 3.8) is 0 Å². The van der Waals surface area contributed by atoms with E-state index < -0.39 is 0 Å². The summed E-state index contributed by atoms with van der Waals surface area (Å²) in [7, 11) is 3.51. The summed E-state index contributed by atoms with van der Waals surface area (Å²) in [5.41, 5.74) is 5.37. The monoisotopic (exact) mass is 229 g/mol. The number of hydrogen-bond donors (Lipinski definition) is 2. The van der Waals surface area contributed by atoms with Crippen molar-refractivity contribution in [1.82, 2.24) is 20.1 Å². The highest BCUT2D eigenvalue weighted by atomic mass is 32.2. The number of amides is 1. The van der Waals surface area contributed by atoms with Crippen LogP contribution in [-0.4, -0.2) is 45.8 Å². The van der Waals surface area contributed by atoms with E-state index in [2.05, 4.69) is 15.2 Å². The maximum atomic E-state index is 11.2. The molecule has 0 saturated heterocycles. The molecule has 1 aromatic heterocycles. The fraction of sp³-hybridized carbons (Fsp3) is 0.625. The third kappa shape index (κ3) is 4.20. The molecule has 1 heterocycles. The fourth-order valence-electron chi connectivity index (χ4n) is 0.933. The van der Waals surface area contributed by atoms with Gasteiger partial charge in [-0.15, -0.1) is 5.10 Å². The van der Waals surface area contributed by atoms with E-state index in [1.165, 1.54) is 11.8 Å². The number of nitrogens with one attached hydrogen (secondary N) is 1. The number of anilines is 1. The second-order valence-corrected chi connectivity index (χ2v) is 4.31. The molecule has 0 unspecified atom stereocenters. The van der Waals surface area contributed by atoms with Gasteiger partial charge in [0.25, 0.3) is 0 Å². The summed E-state index contributed by atoms with van der Waals surface area (Å²) in [5, 5.41) is 7.06. The van der Waals surface area contributed by atoms with Crippen molar-refractivity contribution in [3.8, 4) is 0 Å². The Morgan fingerprint density at radius 1 is 1.60 bits per heavy atom. The first-order valence-electron chi connectivity index (χ1n) is 4.60. The zero-order valence-corrected chi connectivity index (χ0v) is 9.67. The van der Waals surface area contributed by atoms with Crippen molar-refractivity contribution in [2.24, 2.45) is 0 Å². The standard InChI is InChI=1S/C8H15N5OS/c1-13(2)6(14)4-3-5-15-8-10-7(9)11-12-8/h3-5H2,1-2H3,(H3,9,10,11,12). The number of hydrogen-bond acceptors (Lipinski definition) is 5. The van der Waals surface area contributed by atoms with E-state index in [-0.39, 0.29) is 5.91 Å². The minimum atomic E-state index is 0.144. The van der Waals surface area contributed by atoms with Gasteiger partial charge in [-0.2, -0.15) is 4.98 Å². The summed E-state index contributed by atoms with van der Waals surface area (Å²) in [6, 6.07) is 0. The lowest BCUT2D eigenvalue weighted by Gasteiger charge is -2.08. The van der Waals surface area contributed by atoms with Crippen LogP contribution in [0.3, 0.4) is 0 Å². The highest BCUT2D eigenvalue weighted by Crippen LogP contribution is 2.14. The van der Waals surface area contributed by atoms with E-state index >= 15 is 0 Å². The molecule has 0 aliphatic rings. The lowest BCUT2D eigenvalue weighted by Crippen LogP contribution is -2.21. The van der Waals surface area contributed by atoms with Crippen LogP contribution in [0.15, 0.2) is 5.16 Å². The lowest BCUT2D eigenvalue weighted by atomic mass is 10.3. The van der Waals surface area contributed by atoms with Crippen molar-refractivity contribution in [1.29, 1.82) is 0 Å². The summed E-state index contributed by atoms with van der Waals surface area (Å²) >= 11 is 1.49. The van der Waals surface area contributed by atoms with Gasteiger partial charge >= 0.3 is 0 Å². The van der Waals surface area contributed by atoms with Gasteiger partial charge < -0.3 is 10.6 Å². The Kier molecular flexibility index (Phi) is 4.41. The Bertz CT molecular complexity index is 325. The van der Waals surface area contributed by atoms with Crippen LogP contribution >= 0.6 is 11.8 Å². The number of H-pyrrole nitrogens is 1. The van der Waals surface area contributed by atoms with Crippen LogP contribution < -0.4 is 5.73 Å². The van der Waals surface area contributed by atoms with Crippen molar-refractivity contribution >= 4 is 23.6 Å². The van der Waals surface area contributed by atoms with Gasteiger partial charge in [-0.1, -0.05) is 11.8 Å². The minimum Gasteiger partial charge on any atom is -0.368 e. The van der Waals surface area contributed by atoms with Crippen LogP contribution in [0.2, 0.25) is 0 Å². The van der Waals surface area contributed by atoms with Crippen molar-refractivity contribution < 1.29 is 4.79 Å². The quantitative estimate of drug-likeness (QED) is 0.562. The zero-order valence-electron chi connectivity index (χ0n) is 8.86. The molecule has 1 rings (SSSR count). The summed E-state index contributed by atoms with van der Waals surface area (Å²) in [4.78, 5) is 16.8. The Morgan fingerprint density at radius 3 is 2.87 bits per heavy atom. The van der Waals surface area contributed by atoms with E-state index in [0.29, 0.717) is 17.5 Å². The third-order valence-electron chi connectivity index (χ3n) is 1.75. The first kappa shape index (κ1) is 11.8. The highest BCUT2D eigenvalue weighted by molar-refractivity contribution is 7.99. The molecule has 0 saturated carbocycles. The van der Waals surface area contributed by atoms with Crippen LogP contribution in [0.4, 0.5) is 5.95 Å². The number of nitrogens with two attached hydrogens (primary N) is 1. The molecule has 0 spiro atoms. The summed E-state index contributed by atoms with van der Waals surface area (Å²) in [6.45, 7) is 0. The number of nitrogens with zero attached hydrogens (tertiary/aromatic N) is 3. The van der Waals surface area contributed by atoms with Gasteiger partial charge in [-0.05, 0) is 6.42 Å². The summed E-state index contributed by atoms with van der Waals surface area (Å²) in [6.07, 6.45) is 1.37. The molecule has 0 radical (unpaired) electrons. The van der Waals surface area contributed by atoms with Gasteiger partial charge in [-0.3, -0.25) is 4.79 Å². The second kappa shape index (κ2) is 5.59. The van der Waals surface area contributed by atoms with Crippen LogP contribution in [0, 0.1) is 0 Å². The molecule has 1 aromatic rings. The highest BCUT2D eigenvalue weighted by Gasteiger charge is 2.04. The van der Waals surface area contributed by atoms with Gasteiger partial charge in [0.1, 0.15) is 0 Å². The van der Waals surface area contributed by atoms with Gasteiger partial charge in [-0.25, -0.2) is 5.10 Å². The predicted octanol–water partition coefficient (Wildman–Crippen LogP) is 0.347. The van der Waals surface area contributed by atoms with E-state index in [9.17, 15) is 4.79 Å². The predicted molar refractivity (Wildman–Crippen MR) is 59.4 cm³/mol. The summed E-state index contributed by atoms with van der Waals surface area (Å²) < 4.78 is 0. The number of carbonyl (C=O) groups is 1. The third-order valence-corrected chi connectivity index (χ3v) is 2.68. The van der Waals surface area contributed by atoms with Crippen LogP contribution in [0.5, 0.6) is 0 Å². The topological polar surface area (TPSA) is 87.9 Å². The van der Waals surface area contributed by atoms with E-state index in [4.69, 9.17) is 5.73 Å². The van der Waals surface area contributed by atoms with Crippen LogP contribution in [0.25, 0.3) is 0 Å². The maximum Gasteiger partial charge on any atom is 0.222 e. The smallest absolute Gasteiger partial charge is 0.222 e. The molecule has 84 valence electrons. The Morgan fingerprint density at radius 2 is 2.33 bits per heavy atom. The van der Waals surface area contributed by atoms with Crippen LogP contribution in [0.1, 0.15) is 12.8 Å². The molecule has 1 amide bonds. The fourth-order valence-corrected chi connectivity index (χ4v) is 1.68. The van der Waals surface area contributed by atoms with Crippen molar-refractivity contribution in [3.05, 3.63) is 0 Å². The number of thioether (sulfide) groups is 1. The number of aromatic amines is 1. The largest absolute Gasteiger partial charge is 0.368 e. The second-order valence-electron chi connectivity index (χ2n) is 3.24. The maximum absolute atomic E-state index is 11.2. The average Bonchev–Trinajstić information content (AvgIpc) is 2.58. The molecule has 0 fully saturated rings. The zero-order chi connectivity index (χ0) is 11.3. The molecular formula is C8H15N5OS. The molecule has 0 bridgehead atoms. The van der Waals surface area contributed by atoms with Crippen molar-refractivity contribution in [2.45, 2.75) is 18.0 Å². The molecule has 0 aromatic carbocycles. The molecule has 0 atom stereocenters.